The molecule has 2 aromatic carbocycles. The summed E-state index contributed by atoms with van der Waals surface area (Å²) in [5.74, 6) is -3.11. The van der Waals surface area contributed by atoms with Crippen molar-refractivity contribution in [2.24, 2.45) is 5.92 Å². The average Bonchev–Trinajstić information content (AvgIpc) is 3.60. The van der Waals surface area contributed by atoms with Gasteiger partial charge in [0.05, 0.1) is 43.7 Å². The lowest BCUT2D eigenvalue weighted by atomic mass is 9.87. The van der Waals surface area contributed by atoms with E-state index in [1.807, 2.05) is 0 Å². The lowest BCUT2D eigenvalue weighted by Crippen LogP contribution is -2.32. The van der Waals surface area contributed by atoms with Crippen molar-refractivity contribution in [2.45, 2.75) is 22.7 Å². The van der Waals surface area contributed by atoms with Crippen LogP contribution < -0.4 is 15.1 Å². The van der Waals surface area contributed by atoms with Gasteiger partial charge in [-0.25, -0.2) is 9.29 Å². The zero-order valence-electron chi connectivity index (χ0n) is 19.6. The highest BCUT2D eigenvalue weighted by Crippen LogP contribution is 2.53. The zero-order chi connectivity index (χ0) is 27.4. The predicted octanol–water partition coefficient (Wildman–Crippen LogP) is 5.38. The van der Waals surface area contributed by atoms with Crippen LogP contribution in [0.15, 0.2) is 75.1 Å². The second kappa shape index (κ2) is 9.98. The molecule has 2 unspecified atom stereocenters. The van der Waals surface area contributed by atoms with Gasteiger partial charge in [0, 0.05) is 5.69 Å². The highest BCUT2D eigenvalue weighted by Gasteiger charge is 2.57. The molecule has 1 N–H and O–H groups in total. The quantitative estimate of drug-likeness (QED) is 0.307. The summed E-state index contributed by atoms with van der Waals surface area (Å²) in [4.78, 5) is 54.4. The van der Waals surface area contributed by atoms with E-state index in [0.717, 1.165) is 28.0 Å². The Morgan fingerprint density at radius 2 is 1.79 bits per heavy atom. The fraction of sp³-hybridized carbons (Fsp3) is 0.154. The van der Waals surface area contributed by atoms with Crippen LogP contribution in [0.5, 0.6) is 0 Å². The van der Waals surface area contributed by atoms with Crippen LogP contribution in [-0.4, -0.2) is 27.5 Å². The van der Waals surface area contributed by atoms with E-state index in [2.05, 4.69) is 5.32 Å². The van der Waals surface area contributed by atoms with Gasteiger partial charge in [0.2, 0.25) is 17.7 Å². The van der Waals surface area contributed by atoms with E-state index in [-0.39, 0.29) is 17.3 Å². The first-order chi connectivity index (χ1) is 18.7. The maximum atomic E-state index is 13.7. The van der Waals surface area contributed by atoms with Gasteiger partial charge < -0.3 is 9.73 Å². The van der Waals surface area contributed by atoms with E-state index in [4.69, 9.17) is 27.6 Å². The molecule has 2 aliphatic rings. The van der Waals surface area contributed by atoms with Gasteiger partial charge in [-0.1, -0.05) is 46.3 Å². The summed E-state index contributed by atoms with van der Waals surface area (Å²) in [7, 11) is 0. The molecule has 0 spiro atoms. The third kappa shape index (κ3) is 4.49. The van der Waals surface area contributed by atoms with Crippen LogP contribution in [0.2, 0.25) is 10.0 Å². The number of furan rings is 1. The van der Waals surface area contributed by atoms with Gasteiger partial charge in [-0.15, -0.1) is 0 Å². The number of amides is 3. The lowest BCUT2D eigenvalue weighted by molar-refractivity contribution is -0.122. The number of hydrogen-bond donors (Lipinski definition) is 1. The van der Waals surface area contributed by atoms with E-state index in [0.29, 0.717) is 26.4 Å². The standard InChI is InChI=1S/C26H16Cl2FN3O5S2/c27-15-8-5-13(10-16(15)28)30-18(33)11-31-25-22(39-26(31)36)19(17-2-1-9-37-17)20-21(38-25)24(35)32(23(20)34)14-6-3-12(29)4-7-14/h1-10,19-21H,11H2,(H,30,33)/t19-,20?,21?/m1/s1. The maximum absolute atomic E-state index is 13.7. The molecule has 198 valence electrons. The van der Waals surface area contributed by atoms with Crippen LogP contribution in [0.1, 0.15) is 16.6 Å². The number of hydrogen-bond acceptors (Lipinski definition) is 7. The lowest BCUT2D eigenvalue weighted by Gasteiger charge is -2.29. The summed E-state index contributed by atoms with van der Waals surface area (Å²) < 4.78 is 20.5. The van der Waals surface area contributed by atoms with Crippen molar-refractivity contribution in [3.63, 3.8) is 0 Å². The first kappa shape index (κ1) is 25.9. The molecule has 6 rings (SSSR count). The molecule has 0 radical (unpaired) electrons. The minimum absolute atomic E-state index is 0.251. The summed E-state index contributed by atoms with van der Waals surface area (Å²) in [6.07, 6.45) is 1.45. The Morgan fingerprint density at radius 1 is 1.03 bits per heavy atom. The Balaban J connectivity index is 1.37. The molecule has 1 fully saturated rings. The maximum Gasteiger partial charge on any atom is 0.308 e. The molecule has 3 amide bonds. The number of thioether (sulfide) groups is 1. The van der Waals surface area contributed by atoms with Crippen molar-refractivity contribution in [1.29, 1.82) is 0 Å². The number of halogens is 3. The second-order valence-electron chi connectivity index (χ2n) is 8.85. The monoisotopic (exact) mass is 603 g/mol. The number of nitrogens with one attached hydrogen (secondary N) is 1. The van der Waals surface area contributed by atoms with Crippen LogP contribution in [0.4, 0.5) is 15.8 Å². The van der Waals surface area contributed by atoms with Crippen molar-refractivity contribution >= 4 is 75.4 Å². The summed E-state index contributed by atoms with van der Waals surface area (Å²) in [5, 5.41) is 2.81. The number of nitrogens with zero attached hydrogens (tertiary/aromatic N) is 2. The van der Waals surface area contributed by atoms with E-state index in [9.17, 15) is 23.6 Å². The molecule has 8 nitrogen and oxygen atoms in total. The van der Waals surface area contributed by atoms with Crippen molar-refractivity contribution in [3.8, 4) is 0 Å². The third-order valence-corrected chi connectivity index (χ3v) is 9.83. The third-order valence-electron chi connectivity index (χ3n) is 6.49. The van der Waals surface area contributed by atoms with Crippen molar-refractivity contribution < 1.29 is 23.2 Å². The van der Waals surface area contributed by atoms with Gasteiger partial charge in [-0.2, -0.15) is 0 Å². The molecule has 3 atom stereocenters. The second-order valence-corrected chi connectivity index (χ2v) is 11.8. The Kier molecular flexibility index (Phi) is 6.62. The number of rotatable bonds is 5. The average molecular weight is 604 g/mol. The summed E-state index contributed by atoms with van der Waals surface area (Å²) >= 11 is 13.9. The number of anilines is 2. The molecule has 4 heterocycles. The number of carbonyl (C=O) groups excluding carboxylic acids is 3. The van der Waals surface area contributed by atoms with E-state index < -0.39 is 45.5 Å². The van der Waals surface area contributed by atoms with E-state index in [1.54, 1.807) is 18.2 Å². The van der Waals surface area contributed by atoms with Crippen LogP contribution in [0, 0.1) is 11.7 Å². The fourth-order valence-corrected chi connectivity index (χ4v) is 7.84. The Hall–Kier alpha value is -3.38. The first-order valence-corrected chi connectivity index (χ1v) is 14.0. The van der Waals surface area contributed by atoms with Crippen molar-refractivity contribution in [2.75, 3.05) is 10.2 Å². The SMILES string of the molecule is O=C(Cn1c2c(sc1=O)[C@H](c1ccco1)C1C(=O)N(c3ccc(F)cc3)C(=O)C1S2)Nc1ccc(Cl)c(Cl)c1. The number of fused-ring (bicyclic) bond motifs is 2. The molecule has 1 saturated heterocycles. The number of thiazole rings is 1. The van der Waals surface area contributed by atoms with Crippen LogP contribution in [0.3, 0.4) is 0 Å². The Labute approximate surface area is 238 Å². The van der Waals surface area contributed by atoms with Gasteiger partial charge >= 0.3 is 4.87 Å². The molecule has 2 aromatic heterocycles. The summed E-state index contributed by atoms with van der Waals surface area (Å²) in [6, 6.07) is 13.1. The number of carbonyl (C=O) groups is 3. The summed E-state index contributed by atoms with van der Waals surface area (Å²) in [5.41, 5.74) is 0.653. The zero-order valence-corrected chi connectivity index (χ0v) is 22.7. The highest BCUT2D eigenvalue weighted by molar-refractivity contribution is 8.00. The van der Waals surface area contributed by atoms with E-state index >= 15 is 0 Å². The topological polar surface area (TPSA) is 102 Å². The van der Waals surface area contributed by atoms with Crippen LogP contribution >= 0.6 is 46.3 Å². The minimum Gasteiger partial charge on any atom is -0.469 e. The normalized spacial score (nSPS) is 20.2. The van der Waals surface area contributed by atoms with Crippen LogP contribution in [-0.2, 0) is 20.9 Å². The molecule has 0 aliphatic carbocycles. The van der Waals surface area contributed by atoms with E-state index in [1.165, 1.54) is 47.2 Å². The number of benzene rings is 2. The first-order valence-electron chi connectivity index (χ1n) is 11.5. The van der Waals surface area contributed by atoms with Gasteiger partial charge in [0.15, 0.2) is 0 Å². The number of aromatic nitrogens is 1. The molecular formula is C26H16Cl2FN3O5S2. The molecule has 39 heavy (non-hydrogen) atoms. The highest BCUT2D eigenvalue weighted by atomic mass is 35.5. The smallest absolute Gasteiger partial charge is 0.308 e. The predicted molar refractivity (Wildman–Crippen MR) is 146 cm³/mol. The van der Waals surface area contributed by atoms with Gasteiger partial charge in [-0.05, 0) is 54.6 Å². The Morgan fingerprint density at radius 3 is 2.49 bits per heavy atom. The van der Waals surface area contributed by atoms with Gasteiger partial charge in [0.25, 0.3) is 0 Å². The largest absolute Gasteiger partial charge is 0.469 e. The molecular weight excluding hydrogens is 588 g/mol. The molecule has 2 aliphatic heterocycles. The number of imide groups is 1. The Bertz CT molecular complexity index is 1690. The molecule has 0 bridgehead atoms. The molecule has 0 saturated carbocycles. The summed E-state index contributed by atoms with van der Waals surface area (Å²) in [6.45, 7) is -0.329. The van der Waals surface area contributed by atoms with Gasteiger partial charge in [0.1, 0.15) is 23.4 Å². The molecule has 4 aromatic rings. The fourth-order valence-electron chi connectivity index (χ4n) is 4.79. The molecule has 13 heteroatoms. The van der Waals surface area contributed by atoms with Gasteiger partial charge in [-0.3, -0.25) is 23.7 Å². The van der Waals surface area contributed by atoms with Crippen molar-refractivity contribution in [1.82, 2.24) is 4.57 Å². The minimum atomic E-state index is -0.886. The van der Waals surface area contributed by atoms with Crippen molar-refractivity contribution in [3.05, 3.63) is 97.0 Å². The van der Waals surface area contributed by atoms with Crippen LogP contribution in [0.25, 0.3) is 0 Å².